The summed E-state index contributed by atoms with van der Waals surface area (Å²) in [6.45, 7) is -0.752. The number of alkyl halides is 3. The van der Waals surface area contributed by atoms with Crippen LogP contribution in [0.25, 0.3) is 0 Å². The number of rotatable bonds is 10. The molecule has 4 rings (SSSR count). The van der Waals surface area contributed by atoms with E-state index in [0.29, 0.717) is 18.6 Å². The molecule has 2 heterocycles. The van der Waals surface area contributed by atoms with Crippen LogP contribution in [0.4, 0.5) is 13.2 Å². The predicted molar refractivity (Wildman–Crippen MR) is 156 cm³/mol. The van der Waals surface area contributed by atoms with Crippen molar-refractivity contribution in [2.24, 2.45) is 0 Å². The number of sulfonamides is 1. The van der Waals surface area contributed by atoms with Crippen LogP contribution in [0.5, 0.6) is 0 Å². The van der Waals surface area contributed by atoms with Gasteiger partial charge < -0.3 is 10.1 Å². The molecule has 2 atom stereocenters. The predicted octanol–water partition coefficient (Wildman–Crippen LogP) is 3.12. The molecule has 0 spiro atoms. The Kier molecular flexibility index (Phi) is 11.0. The second-order valence-electron chi connectivity index (χ2n) is 10.3. The molecule has 2 aliphatic rings. The van der Waals surface area contributed by atoms with E-state index in [-0.39, 0.29) is 54.4 Å². The zero-order valence-electron chi connectivity index (χ0n) is 23.8. The van der Waals surface area contributed by atoms with Crippen molar-refractivity contribution in [2.75, 3.05) is 19.7 Å². The lowest BCUT2D eigenvalue weighted by Gasteiger charge is -2.42. The molecule has 18 heteroatoms. The van der Waals surface area contributed by atoms with Gasteiger partial charge in [-0.25, -0.2) is 18.2 Å². The molecule has 0 bridgehead atoms. The summed E-state index contributed by atoms with van der Waals surface area (Å²) in [4.78, 5) is 63.7. The molecule has 2 saturated heterocycles. The summed E-state index contributed by atoms with van der Waals surface area (Å²) in [5, 5.41) is 4.56. The number of hydrogen-bond acceptors (Lipinski definition) is 8. The highest BCUT2D eigenvalue weighted by molar-refractivity contribution is 7.89. The fourth-order valence-corrected chi connectivity index (χ4v) is 6.66. The zero-order valence-corrected chi connectivity index (χ0v) is 26.1. The number of carbonyl (C=O) groups is 5. The number of benzene rings is 2. The van der Waals surface area contributed by atoms with Crippen LogP contribution in [-0.4, -0.2) is 79.7 Å². The molecule has 46 heavy (non-hydrogen) atoms. The Labute approximate surface area is 271 Å². The first kappa shape index (κ1) is 35.1. The van der Waals surface area contributed by atoms with E-state index in [1.54, 1.807) is 0 Å². The Morgan fingerprint density at radius 2 is 1.65 bits per heavy atom. The van der Waals surface area contributed by atoms with Gasteiger partial charge in [-0.3, -0.25) is 24.2 Å². The summed E-state index contributed by atoms with van der Waals surface area (Å²) in [7, 11) is -4.51. The molecule has 1 unspecified atom stereocenters. The number of ether oxygens (including phenoxy) is 1. The quantitative estimate of drug-likeness (QED) is 0.357. The number of carbonyl (C=O) groups excluding carboxylic acids is 5. The van der Waals surface area contributed by atoms with E-state index in [1.807, 2.05) is 0 Å². The molecule has 248 valence electrons. The molecule has 0 radical (unpaired) electrons. The molecule has 3 amide bonds. The first-order valence-electron chi connectivity index (χ1n) is 13.8. The van der Waals surface area contributed by atoms with Crippen LogP contribution in [-0.2, 0) is 40.1 Å². The molecule has 2 N–H and O–H groups in total. The standard InChI is InChI=1S/C28H27Cl2F3N4O8S/c29-19-3-1-4-20(30)24(19)27(42)45-15-17(38)12-13-34-25(40)22-5-2-14-36-23(39)11-10-21(26(41)37(22)36)35-46(43,44)18-8-6-16(7-9-18)28(31,32)33/h1,3-4,6-9,21-22,35H,2,5,10-15H2,(H,34,40)/t21?,22-/m0/s1. The number of ketones is 1. The molecule has 0 aromatic heterocycles. The minimum atomic E-state index is -4.69. The second kappa shape index (κ2) is 14.4. The third-order valence-corrected chi connectivity index (χ3v) is 9.31. The van der Waals surface area contributed by atoms with E-state index < -0.39 is 74.8 Å². The average molecular weight is 708 g/mol. The lowest BCUT2D eigenvalue weighted by molar-refractivity contribution is -0.175. The highest BCUT2D eigenvalue weighted by Crippen LogP contribution is 2.30. The maximum absolute atomic E-state index is 13.6. The van der Waals surface area contributed by atoms with Gasteiger partial charge in [0.2, 0.25) is 21.8 Å². The molecule has 2 aromatic carbocycles. The number of hydrazine groups is 1. The minimum absolute atomic E-state index is 0.0370. The van der Waals surface area contributed by atoms with Crippen LogP contribution in [0.3, 0.4) is 0 Å². The molecular weight excluding hydrogens is 680 g/mol. The zero-order chi connectivity index (χ0) is 33.8. The molecular formula is C28H27Cl2F3N4O8S. The van der Waals surface area contributed by atoms with Crippen molar-refractivity contribution in [3.05, 3.63) is 63.6 Å². The van der Waals surface area contributed by atoms with Gasteiger partial charge in [0.05, 0.1) is 26.1 Å². The van der Waals surface area contributed by atoms with Crippen LogP contribution >= 0.6 is 23.2 Å². The van der Waals surface area contributed by atoms with Crippen LogP contribution in [0.2, 0.25) is 10.0 Å². The van der Waals surface area contributed by atoms with Gasteiger partial charge in [-0.15, -0.1) is 0 Å². The van der Waals surface area contributed by atoms with Gasteiger partial charge in [0, 0.05) is 25.9 Å². The van der Waals surface area contributed by atoms with E-state index in [1.165, 1.54) is 18.2 Å². The van der Waals surface area contributed by atoms with E-state index in [0.717, 1.165) is 22.2 Å². The van der Waals surface area contributed by atoms with Crippen molar-refractivity contribution in [3.63, 3.8) is 0 Å². The number of nitrogens with one attached hydrogen (secondary N) is 2. The highest BCUT2D eigenvalue weighted by atomic mass is 35.5. The van der Waals surface area contributed by atoms with Gasteiger partial charge >= 0.3 is 12.1 Å². The maximum Gasteiger partial charge on any atom is 0.416 e. The summed E-state index contributed by atoms with van der Waals surface area (Å²) in [6, 6.07) is 4.31. The van der Waals surface area contributed by atoms with Crippen LogP contribution in [0, 0.1) is 0 Å². The van der Waals surface area contributed by atoms with Crippen LogP contribution in [0.1, 0.15) is 48.0 Å². The molecule has 0 aliphatic carbocycles. The molecule has 12 nitrogen and oxygen atoms in total. The van der Waals surface area contributed by atoms with Gasteiger partial charge in [-0.1, -0.05) is 29.3 Å². The first-order chi connectivity index (χ1) is 21.6. The monoisotopic (exact) mass is 706 g/mol. The van der Waals surface area contributed by atoms with Crippen molar-refractivity contribution < 1.29 is 50.3 Å². The largest absolute Gasteiger partial charge is 0.454 e. The Hall–Kier alpha value is -3.73. The molecule has 0 saturated carbocycles. The Bertz CT molecular complexity index is 1620. The van der Waals surface area contributed by atoms with Gasteiger partial charge in [-0.2, -0.15) is 17.9 Å². The molecule has 2 aliphatic heterocycles. The summed E-state index contributed by atoms with van der Waals surface area (Å²) < 4.78 is 71.8. The number of esters is 1. The number of fused-ring (bicyclic) bond motifs is 1. The van der Waals surface area contributed by atoms with Crippen LogP contribution < -0.4 is 10.0 Å². The topological polar surface area (TPSA) is 159 Å². The molecule has 2 fully saturated rings. The number of Topliss-reactive ketones (excluding diaryl/α,β-unsaturated/α-hetero) is 1. The van der Waals surface area contributed by atoms with Crippen molar-refractivity contribution in [1.29, 1.82) is 0 Å². The van der Waals surface area contributed by atoms with E-state index >= 15 is 0 Å². The summed E-state index contributed by atoms with van der Waals surface area (Å²) >= 11 is 11.9. The number of halogens is 5. The van der Waals surface area contributed by atoms with Crippen molar-refractivity contribution in [1.82, 2.24) is 20.1 Å². The van der Waals surface area contributed by atoms with Crippen molar-refractivity contribution >= 4 is 62.7 Å². The Balaban J connectivity index is 1.38. The van der Waals surface area contributed by atoms with Gasteiger partial charge in [0.15, 0.2) is 5.78 Å². The lowest BCUT2D eigenvalue weighted by atomic mass is 10.1. The van der Waals surface area contributed by atoms with Gasteiger partial charge in [0.1, 0.15) is 18.7 Å². The second-order valence-corrected chi connectivity index (χ2v) is 12.9. The normalized spacial score (nSPS) is 18.9. The Morgan fingerprint density at radius 3 is 2.28 bits per heavy atom. The van der Waals surface area contributed by atoms with E-state index in [2.05, 4.69) is 10.0 Å². The smallest absolute Gasteiger partial charge is 0.416 e. The fraction of sp³-hybridized carbons (Fsp3) is 0.393. The lowest BCUT2D eigenvalue weighted by Crippen LogP contribution is -2.63. The van der Waals surface area contributed by atoms with E-state index in [4.69, 9.17) is 27.9 Å². The first-order valence-corrected chi connectivity index (χ1v) is 16.1. The van der Waals surface area contributed by atoms with Gasteiger partial charge in [0.25, 0.3) is 5.91 Å². The third-order valence-electron chi connectivity index (χ3n) is 7.19. The van der Waals surface area contributed by atoms with Crippen molar-refractivity contribution in [3.8, 4) is 0 Å². The Morgan fingerprint density at radius 1 is 1.00 bits per heavy atom. The van der Waals surface area contributed by atoms with Crippen LogP contribution in [0.15, 0.2) is 47.4 Å². The van der Waals surface area contributed by atoms with Crippen molar-refractivity contribution in [2.45, 2.75) is 55.3 Å². The number of nitrogens with zero attached hydrogens (tertiary/aromatic N) is 2. The highest BCUT2D eigenvalue weighted by Gasteiger charge is 2.45. The van der Waals surface area contributed by atoms with Gasteiger partial charge in [-0.05, 0) is 55.7 Å². The fourth-order valence-electron chi connectivity index (χ4n) is 4.89. The number of hydrogen-bond donors (Lipinski definition) is 2. The maximum atomic E-state index is 13.6. The number of amides is 3. The summed E-state index contributed by atoms with van der Waals surface area (Å²) in [6.07, 6.45) is -4.99. The summed E-state index contributed by atoms with van der Waals surface area (Å²) in [5.74, 6) is -3.62. The minimum Gasteiger partial charge on any atom is -0.454 e. The van der Waals surface area contributed by atoms with E-state index in [9.17, 15) is 45.6 Å². The summed E-state index contributed by atoms with van der Waals surface area (Å²) in [5.41, 5.74) is -1.17. The average Bonchev–Trinajstić information content (AvgIpc) is 3.11. The molecule has 2 aromatic rings. The third kappa shape index (κ3) is 8.15. The SMILES string of the molecule is O=C(CCNC(=O)[C@@H]1CCCN2C(=O)CCC(NS(=O)(=O)c3ccc(C(F)(F)F)cc3)C(=O)N12)COC(=O)c1c(Cl)cccc1Cl.